The fourth-order valence-electron chi connectivity index (χ4n) is 3.82. The van der Waals surface area contributed by atoms with Gasteiger partial charge in [-0.05, 0) is 24.1 Å². The van der Waals surface area contributed by atoms with Crippen LogP contribution in [0.1, 0.15) is 5.56 Å². The lowest BCUT2D eigenvalue weighted by atomic mass is 9.89. The molecule has 3 heterocycles. The molecule has 0 saturated heterocycles. The Morgan fingerprint density at radius 2 is 1.92 bits per heavy atom. The fraction of sp³-hybridized carbons (Fsp3) is 0.261. The topological polar surface area (TPSA) is 129 Å². The molecule has 4 rings (SSSR count). The summed E-state index contributed by atoms with van der Waals surface area (Å²) < 4.78 is 60.3. The van der Waals surface area contributed by atoms with Crippen molar-refractivity contribution in [3.8, 4) is 0 Å². The Labute approximate surface area is 206 Å². The van der Waals surface area contributed by atoms with Gasteiger partial charge in [0.2, 0.25) is 12.3 Å². The van der Waals surface area contributed by atoms with E-state index >= 15 is 0 Å². The van der Waals surface area contributed by atoms with Crippen molar-refractivity contribution >= 4 is 29.1 Å². The molecule has 1 aromatic carbocycles. The van der Waals surface area contributed by atoms with E-state index in [-0.39, 0.29) is 17.8 Å². The summed E-state index contributed by atoms with van der Waals surface area (Å²) in [6.07, 6.45) is -3.59. The van der Waals surface area contributed by atoms with Crippen LogP contribution in [0.15, 0.2) is 64.3 Å². The number of halogens is 4. The van der Waals surface area contributed by atoms with Gasteiger partial charge in [-0.25, -0.2) is 14.2 Å². The molecule has 3 aliphatic rings. The Bertz CT molecular complexity index is 1330. The molecule has 1 atom stereocenters. The molecular weight excluding hydrogens is 504 g/mol. The highest BCUT2D eigenvalue weighted by molar-refractivity contribution is 6.52. The van der Waals surface area contributed by atoms with Gasteiger partial charge in [-0.2, -0.15) is 0 Å². The van der Waals surface area contributed by atoms with Crippen molar-refractivity contribution in [2.75, 3.05) is 20.2 Å². The molecule has 0 fully saturated rings. The van der Waals surface area contributed by atoms with E-state index in [1.807, 2.05) is 0 Å². The summed E-state index contributed by atoms with van der Waals surface area (Å²) in [5.41, 5.74) is 0.320. The molecule has 0 bridgehead atoms. The number of nitrogens with zero attached hydrogens (tertiary/aromatic N) is 2. The summed E-state index contributed by atoms with van der Waals surface area (Å²) in [6, 6.07) is 5.51. The Morgan fingerprint density at radius 3 is 2.57 bits per heavy atom. The first-order valence-corrected chi connectivity index (χ1v) is 10.7. The number of hydrogen-bond donors (Lipinski definition) is 3. The average Bonchev–Trinajstić information content (AvgIpc) is 2.86. The van der Waals surface area contributed by atoms with Gasteiger partial charge in [-0.1, -0.05) is 12.1 Å². The summed E-state index contributed by atoms with van der Waals surface area (Å²) in [7, 11) is 1.25. The molecule has 194 valence electrons. The van der Waals surface area contributed by atoms with E-state index in [4.69, 9.17) is 4.74 Å². The van der Waals surface area contributed by atoms with Crippen LogP contribution in [0.3, 0.4) is 0 Å². The maximum Gasteiger partial charge on any atom is 0.522 e. The van der Waals surface area contributed by atoms with Crippen LogP contribution in [-0.2, 0) is 30.3 Å². The Balaban J connectivity index is 1.70. The number of alkyl halides is 3. The number of carbonyl (C=O) groups excluding carboxylic acids is 3. The number of ether oxygens (including phenoxy) is 2. The minimum Gasteiger partial charge on any atom is -0.504 e. The largest absolute Gasteiger partial charge is 0.522 e. The molecule has 0 aromatic heterocycles. The van der Waals surface area contributed by atoms with Gasteiger partial charge in [-0.3, -0.25) is 14.3 Å². The summed E-state index contributed by atoms with van der Waals surface area (Å²) in [6.45, 7) is -1.39. The van der Waals surface area contributed by atoms with Gasteiger partial charge in [0.15, 0.2) is 17.0 Å². The van der Waals surface area contributed by atoms with Crippen LogP contribution in [0, 0.1) is 5.82 Å². The molecule has 3 aliphatic heterocycles. The number of allylic oxidation sites excluding steroid dienone is 1. The highest BCUT2D eigenvalue weighted by atomic mass is 19.4. The summed E-state index contributed by atoms with van der Waals surface area (Å²) in [4.78, 5) is 42.4. The van der Waals surface area contributed by atoms with Crippen LogP contribution in [0.2, 0.25) is 0 Å². The van der Waals surface area contributed by atoms with Crippen LogP contribution in [0.25, 0.3) is 0 Å². The van der Waals surface area contributed by atoms with E-state index < -0.39 is 66.2 Å². The van der Waals surface area contributed by atoms with Crippen molar-refractivity contribution < 1.29 is 51.1 Å². The zero-order chi connectivity index (χ0) is 26.9. The fourth-order valence-corrected chi connectivity index (χ4v) is 3.82. The van der Waals surface area contributed by atoms with E-state index in [2.05, 4.69) is 20.4 Å². The lowest BCUT2D eigenvalue weighted by molar-refractivity contribution is -0.385. The van der Waals surface area contributed by atoms with Crippen molar-refractivity contribution in [2.24, 2.45) is 4.99 Å². The van der Waals surface area contributed by atoms with E-state index in [1.54, 1.807) is 0 Å². The third kappa shape index (κ3) is 5.28. The quantitative estimate of drug-likeness (QED) is 0.213. The number of carbonyl (C=O) groups is 3. The lowest BCUT2D eigenvalue weighted by Gasteiger charge is -2.29. The number of nitrogens with one attached hydrogen (secondary N) is 2. The molecule has 0 spiro atoms. The highest BCUT2D eigenvalue weighted by Crippen LogP contribution is 2.30. The van der Waals surface area contributed by atoms with Crippen LogP contribution < -0.4 is 10.6 Å². The number of aliphatic imine (C=N–C) groups is 1. The standard InChI is InChI=1S/C23H18F4N4O6/c1-28-21(34)15-18(32)16-17-19(12(9-30-16)8-11-2-4-13(24)5-3-11)37-14(10-31(17)22(15)35)20(33)29-6-7-36-23(25,26)27/h2-5,9-10,19H,6-8H2,1H3,(H2-,28,29,32,33,34,35)/p+1. The van der Waals surface area contributed by atoms with Crippen molar-refractivity contribution in [1.82, 2.24) is 10.6 Å². The number of aliphatic hydroxyl groups excluding tert-OH is 1. The molecular formula is C23H19F4N4O6+. The second-order valence-corrected chi connectivity index (χ2v) is 7.89. The minimum atomic E-state index is -4.88. The van der Waals surface area contributed by atoms with Gasteiger partial charge in [-0.15, -0.1) is 17.7 Å². The molecule has 3 N–H and O–H groups in total. The van der Waals surface area contributed by atoms with Gasteiger partial charge >= 0.3 is 12.3 Å². The van der Waals surface area contributed by atoms with Gasteiger partial charge in [0.1, 0.15) is 5.82 Å². The third-order valence-electron chi connectivity index (χ3n) is 5.48. The zero-order valence-electron chi connectivity index (χ0n) is 19.1. The predicted octanol–water partition coefficient (Wildman–Crippen LogP) is 1.15. The van der Waals surface area contributed by atoms with Crippen LogP contribution in [-0.4, -0.2) is 71.5 Å². The summed E-state index contributed by atoms with van der Waals surface area (Å²) in [5, 5.41) is 15.1. The number of benzene rings is 1. The smallest absolute Gasteiger partial charge is 0.504 e. The molecule has 0 radical (unpaired) electrons. The first-order valence-electron chi connectivity index (χ1n) is 10.7. The average molecular weight is 523 g/mol. The predicted molar refractivity (Wildman–Crippen MR) is 118 cm³/mol. The van der Waals surface area contributed by atoms with Crippen molar-refractivity contribution in [2.45, 2.75) is 18.9 Å². The highest BCUT2D eigenvalue weighted by Gasteiger charge is 2.52. The molecule has 14 heteroatoms. The number of amides is 3. The SMILES string of the molecule is CNC(=O)C1=C(O)C2=NC=C(Cc3ccc(F)cc3)C3OC(C(=O)NCCOC(F)(F)F)=C[N+](=C23)C1=O. The lowest BCUT2D eigenvalue weighted by Crippen LogP contribution is -2.52. The van der Waals surface area contributed by atoms with E-state index in [9.17, 15) is 37.1 Å². The van der Waals surface area contributed by atoms with Gasteiger partial charge < -0.3 is 20.5 Å². The van der Waals surface area contributed by atoms with Gasteiger partial charge in [0.25, 0.3) is 23.3 Å². The monoisotopic (exact) mass is 523 g/mol. The second kappa shape index (κ2) is 9.97. The van der Waals surface area contributed by atoms with E-state index in [0.29, 0.717) is 11.1 Å². The van der Waals surface area contributed by atoms with Gasteiger partial charge in [0.05, 0.1) is 6.61 Å². The molecule has 1 unspecified atom stereocenters. The van der Waals surface area contributed by atoms with Crippen LogP contribution in [0.5, 0.6) is 0 Å². The number of rotatable bonds is 7. The molecule has 37 heavy (non-hydrogen) atoms. The third-order valence-corrected chi connectivity index (χ3v) is 5.48. The molecule has 3 amide bonds. The molecule has 0 saturated carbocycles. The molecule has 1 aromatic rings. The van der Waals surface area contributed by atoms with Crippen molar-refractivity contribution in [3.63, 3.8) is 0 Å². The molecule has 0 aliphatic carbocycles. The molecule has 10 nitrogen and oxygen atoms in total. The summed E-state index contributed by atoms with van der Waals surface area (Å²) in [5.74, 6) is -4.43. The second-order valence-electron chi connectivity index (χ2n) is 7.89. The van der Waals surface area contributed by atoms with Crippen molar-refractivity contribution in [1.29, 1.82) is 0 Å². The van der Waals surface area contributed by atoms with E-state index in [0.717, 1.165) is 10.8 Å². The number of hydrogen-bond acceptors (Lipinski definition) is 7. The maximum absolute atomic E-state index is 13.3. The van der Waals surface area contributed by atoms with Crippen LogP contribution >= 0.6 is 0 Å². The summed E-state index contributed by atoms with van der Waals surface area (Å²) >= 11 is 0. The number of aliphatic hydroxyl groups is 1. The Kier molecular flexibility index (Phi) is 6.94. The Hall–Kier alpha value is -4.33. The van der Waals surface area contributed by atoms with Crippen LogP contribution in [0.4, 0.5) is 17.6 Å². The Morgan fingerprint density at radius 1 is 1.22 bits per heavy atom. The number of likely N-dealkylation sites (N-methyl/N-ethyl adjacent to an activating group) is 1. The first-order chi connectivity index (χ1) is 17.5. The normalized spacial score (nSPS) is 18.9. The van der Waals surface area contributed by atoms with Gasteiger partial charge in [0, 0.05) is 25.4 Å². The van der Waals surface area contributed by atoms with Crippen molar-refractivity contribution in [3.05, 3.63) is 70.7 Å². The maximum atomic E-state index is 13.3. The first kappa shape index (κ1) is 25.8. The zero-order valence-corrected chi connectivity index (χ0v) is 19.1. The van der Waals surface area contributed by atoms with E-state index in [1.165, 1.54) is 37.5 Å². The minimum absolute atomic E-state index is 0.0340.